The second kappa shape index (κ2) is 6.37. The van der Waals surface area contributed by atoms with Crippen LogP contribution in [-0.2, 0) is 6.54 Å². The number of halogens is 1. The van der Waals surface area contributed by atoms with Crippen molar-refractivity contribution in [2.75, 3.05) is 23.3 Å². The molecule has 4 rings (SSSR count). The molecule has 8 heteroatoms. The van der Waals surface area contributed by atoms with Gasteiger partial charge in [-0.25, -0.2) is 4.98 Å². The van der Waals surface area contributed by atoms with Crippen molar-refractivity contribution < 1.29 is 0 Å². The van der Waals surface area contributed by atoms with Gasteiger partial charge in [0.05, 0.1) is 10.7 Å². The van der Waals surface area contributed by atoms with Crippen molar-refractivity contribution in [1.29, 1.82) is 0 Å². The second-order valence-electron chi connectivity index (χ2n) is 5.94. The average Bonchev–Trinajstić information content (AvgIpc) is 3.20. The maximum Gasteiger partial charge on any atom is 0.173 e. The Morgan fingerprint density at radius 1 is 1.38 bits per heavy atom. The minimum Gasteiger partial charge on any atom is -0.366 e. The first-order chi connectivity index (χ1) is 11.7. The van der Waals surface area contributed by atoms with Crippen LogP contribution in [0.1, 0.15) is 12.0 Å². The number of nitrogens with two attached hydrogens (primary N) is 1. The van der Waals surface area contributed by atoms with Crippen LogP contribution < -0.4 is 16.0 Å². The molecule has 0 saturated carbocycles. The molecule has 0 radical (unpaired) electrons. The molecule has 1 aliphatic rings. The molecule has 24 heavy (non-hydrogen) atoms. The summed E-state index contributed by atoms with van der Waals surface area (Å²) in [5.41, 5.74) is 7.94. The van der Waals surface area contributed by atoms with E-state index < -0.39 is 0 Å². The van der Waals surface area contributed by atoms with Gasteiger partial charge in [-0.05, 0) is 34.0 Å². The number of pyridine rings is 1. The van der Waals surface area contributed by atoms with Gasteiger partial charge in [0.1, 0.15) is 11.6 Å². The van der Waals surface area contributed by atoms with Crippen LogP contribution in [0.4, 0.5) is 11.6 Å². The molecule has 1 aliphatic heterocycles. The van der Waals surface area contributed by atoms with Gasteiger partial charge in [0.25, 0.3) is 0 Å². The lowest BCUT2D eigenvalue weighted by Gasteiger charge is -2.19. The Bertz CT molecular complexity index is 848. The zero-order valence-electron chi connectivity index (χ0n) is 13.1. The lowest BCUT2D eigenvalue weighted by atomic mass is 10.3. The number of nitrogens with one attached hydrogen (secondary N) is 1. The number of hydrogen-bond donors (Lipinski definition) is 2. The Morgan fingerprint density at radius 2 is 2.29 bits per heavy atom. The maximum atomic E-state index is 6.04. The SMILES string of the molecule is N[C@H]1CCN(c2cc(NCc3cccnc3)n3ncc(Br)c3n2)C1. The van der Waals surface area contributed by atoms with E-state index in [0.29, 0.717) is 6.54 Å². The Morgan fingerprint density at radius 3 is 3.04 bits per heavy atom. The number of anilines is 2. The van der Waals surface area contributed by atoms with E-state index >= 15 is 0 Å². The van der Waals surface area contributed by atoms with Crippen LogP contribution >= 0.6 is 15.9 Å². The van der Waals surface area contributed by atoms with Crippen molar-refractivity contribution >= 4 is 33.2 Å². The number of aromatic nitrogens is 4. The van der Waals surface area contributed by atoms with E-state index in [2.05, 4.69) is 36.2 Å². The molecule has 1 saturated heterocycles. The van der Waals surface area contributed by atoms with Crippen LogP contribution in [-0.4, -0.2) is 38.7 Å². The Balaban J connectivity index is 1.67. The summed E-state index contributed by atoms with van der Waals surface area (Å²) in [6.07, 6.45) is 6.38. The first kappa shape index (κ1) is 15.3. The van der Waals surface area contributed by atoms with Crippen molar-refractivity contribution in [3.05, 3.63) is 46.8 Å². The summed E-state index contributed by atoms with van der Waals surface area (Å²) in [6, 6.07) is 6.21. The molecule has 0 aromatic carbocycles. The Labute approximate surface area is 148 Å². The van der Waals surface area contributed by atoms with Gasteiger partial charge in [-0.2, -0.15) is 9.61 Å². The summed E-state index contributed by atoms with van der Waals surface area (Å²) in [5.74, 6) is 1.82. The molecule has 3 aromatic rings. The van der Waals surface area contributed by atoms with E-state index in [0.717, 1.165) is 46.8 Å². The van der Waals surface area contributed by atoms with Crippen molar-refractivity contribution in [2.45, 2.75) is 19.0 Å². The smallest absolute Gasteiger partial charge is 0.173 e. The van der Waals surface area contributed by atoms with Gasteiger partial charge in [-0.3, -0.25) is 4.98 Å². The van der Waals surface area contributed by atoms with Gasteiger partial charge in [0.15, 0.2) is 5.65 Å². The summed E-state index contributed by atoms with van der Waals surface area (Å²) < 4.78 is 2.68. The van der Waals surface area contributed by atoms with E-state index in [1.807, 2.05) is 24.4 Å². The van der Waals surface area contributed by atoms with Gasteiger partial charge < -0.3 is 16.0 Å². The van der Waals surface area contributed by atoms with Gasteiger partial charge in [-0.1, -0.05) is 6.07 Å². The molecule has 0 amide bonds. The molecule has 124 valence electrons. The summed E-state index contributed by atoms with van der Waals surface area (Å²) in [4.78, 5) is 11.1. The zero-order valence-corrected chi connectivity index (χ0v) is 14.6. The van der Waals surface area contributed by atoms with Crippen LogP contribution in [0.15, 0.2) is 41.3 Å². The van der Waals surface area contributed by atoms with Gasteiger partial charge >= 0.3 is 0 Å². The van der Waals surface area contributed by atoms with Crippen molar-refractivity contribution in [3.8, 4) is 0 Å². The van der Waals surface area contributed by atoms with Crippen LogP contribution in [0.3, 0.4) is 0 Å². The normalized spacial score (nSPS) is 17.6. The first-order valence-corrected chi connectivity index (χ1v) is 8.67. The fourth-order valence-electron chi connectivity index (χ4n) is 2.90. The topological polar surface area (TPSA) is 84.4 Å². The fourth-order valence-corrected chi connectivity index (χ4v) is 3.25. The molecular weight excluding hydrogens is 370 g/mol. The molecule has 7 nitrogen and oxygen atoms in total. The summed E-state index contributed by atoms with van der Waals surface area (Å²) in [6.45, 7) is 2.43. The monoisotopic (exact) mass is 387 g/mol. The molecule has 0 aliphatic carbocycles. The maximum absolute atomic E-state index is 6.04. The standard InChI is InChI=1S/C16H18BrN7/c17-13-9-21-24-14(20-8-11-2-1-4-19-7-11)6-15(22-16(13)24)23-5-3-12(18)10-23/h1-2,4,6-7,9,12,20H,3,5,8,10,18H2/t12-/m0/s1. The lowest BCUT2D eigenvalue weighted by Crippen LogP contribution is -2.27. The minimum atomic E-state index is 0.211. The first-order valence-electron chi connectivity index (χ1n) is 7.88. The summed E-state index contributed by atoms with van der Waals surface area (Å²) >= 11 is 3.52. The predicted octanol–water partition coefficient (Wildman–Crippen LogP) is 2.04. The molecule has 0 bridgehead atoms. The Kier molecular flexibility index (Phi) is 4.07. The van der Waals surface area contributed by atoms with Gasteiger partial charge in [0, 0.05) is 44.1 Å². The third-order valence-corrected chi connectivity index (χ3v) is 4.72. The minimum absolute atomic E-state index is 0.211. The number of hydrogen-bond acceptors (Lipinski definition) is 6. The molecule has 0 spiro atoms. The zero-order chi connectivity index (χ0) is 16.5. The predicted molar refractivity (Wildman–Crippen MR) is 97.1 cm³/mol. The largest absolute Gasteiger partial charge is 0.366 e. The summed E-state index contributed by atoms with van der Waals surface area (Å²) in [7, 11) is 0. The number of nitrogens with zero attached hydrogens (tertiary/aromatic N) is 5. The summed E-state index contributed by atoms with van der Waals surface area (Å²) in [5, 5.41) is 7.83. The molecule has 3 N–H and O–H groups in total. The van der Waals surface area contributed by atoms with Gasteiger partial charge in [0.2, 0.25) is 0 Å². The van der Waals surface area contributed by atoms with Crippen LogP contribution in [0, 0.1) is 0 Å². The molecule has 0 unspecified atom stereocenters. The number of rotatable bonds is 4. The van der Waals surface area contributed by atoms with E-state index in [-0.39, 0.29) is 6.04 Å². The highest BCUT2D eigenvalue weighted by Gasteiger charge is 2.22. The quantitative estimate of drug-likeness (QED) is 0.712. The van der Waals surface area contributed by atoms with Crippen molar-refractivity contribution in [2.24, 2.45) is 5.73 Å². The van der Waals surface area contributed by atoms with Crippen LogP contribution in [0.25, 0.3) is 5.65 Å². The van der Waals surface area contributed by atoms with Crippen LogP contribution in [0.5, 0.6) is 0 Å². The lowest BCUT2D eigenvalue weighted by molar-refractivity contribution is 0.751. The van der Waals surface area contributed by atoms with Gasteiger partial charge in [-0.15, -0.1) is 0 Å². The second-order valence-corrected chi connectivity index (χ2v) is 6.79. The number of fused-ring (bicyclic) bond motifs is 1. The van der Waals surface area contributed by atoms with E-state index in [1.54, 1.807) is 16.9 Å². The highest BCUT2D eigenvalue weighted by Crippen LogP contribution is 2.26. The van der Waals surface area contributed by atoms with Crippen molar-refractivity contribution in [3.63, 3.8) is 0 Å². The molecule has 1 atom stereocenters. The molecular formula is C16H18BrN7. The molecule has 4 heterocycles. The third-order valence-electron chi connectivity index (χ3n) is 4.16. The van der Waals surface area contributed by atoms with Crippen molar-refractivity contribution in [1.82, 2.24) is 19.6 Å². The third kappa shape index (κ3) is 2.94. The van der Waals surface area contributed by atoms with E-state index in [1.165, 1.54) is 0 Å². The Hall–Kier alpha value is -2.19. The molecule has 1 fully saturated rings. The highest BCUT2D eigenvalue weighted by molar-refractivity contribution is 9.10. The van der Waals surface area contributed by atoms with E-state index in [9.17, 15) is 0 Å². The average molecular weight is 388 g/mol. The van der Waals surface area contributed by atoms with Crippen LogP contribution in [0.2, 0.25) is 0 Å². The molecule has 3 aromatic heterocycles. The highest BCUT2D eigenvalue weighted by atomic mass is 79.9. The fraction of sp³-hybridized carbons (Fsp3) is 0.312. The van der Waals surface area contributed by atoms with E-state index in [4.69, 9.17) is 10.7 Å².